The normalized spacial score (nSPS) is 11.9. The van der Waals surface area contributed by atoms with Gasteiger partial charge in [-0.15, -0.1) is 0 Å². The lowest BCUT2D eigenvalue weighted by atomic mass is 9.92. The van der Waals surface area contributed by atoms with Gasteiger partial charge in [0.05, 0.1) is 26.4 Å². The maximum atomic E-state index is 13.4. The summed E-state index contributed by atoms with van der Waals surface area (Å²) in [5.41, 5.74) is 0.634. The second kappa shape index (κ2) is 15.9. The Bertz CT molecular complexity index is 1450. The smallest absolute Gasteiger partial charge is 0.407 e. The summed E-state index contributed by atoms with van der Waals surface area (Å²) in [6.07, 6.45) is 5.69. The molecule has 7 nitrogen and oxygen atoms in total. The number of nitrogens with one attached hydrogen (secondary N) is 1. The molecule has 0 atom stereocenters. The molecule has 0 radical (unpaired) electrons. The summed E-state index contributed by atoms with van der Waals surface area (Å²) in [4.78, 5) is 27.1. The Labute approximate surface area is 256 Å². The number of unbranched alkanes of at least 4 members (excludes halogenated alkanes) is 4. The van der Waals surface area contributed by atoms with Gasteiger partial charge in [0.25, 0.3) is 0 Å². The lowest BCUT2D eigenvalue weighted by Crippen LogP contribution is -2.34. The fraction of sp³-hybridized carbons (Fsp3) is 0.500. The summed E-state index contributed by atoms with van der Waals surface area (Å²) >= 11 is 0. The first kappa shape index (κ1) is 32.5. The number of alkyl carbamates (subject to hydrolysis) is 1. The molecule has 0 aliphatic carbocycles. The Balaban J connectivity index is 1.33. The topological polar surface area (TPSA) is 77.1 Å². The van der Waals surface area contributed by atoms with Gasteiger partial charge in [-0.3, -0.25) is 4.79 Å². The third kappa shape index (κ3) is 9.54. The first-order chi connectivity index (χ1) is 20.8. The minimum atomic E-state index is -0.525. The van der Waals surface area contributed by atoms with Crippen molar-refractivity contribution in [3.8, 4) is 0 Å². The summed E-state index contributed by atoms with van der Waals surface area (Å²) in [5.74, 6) is 0.176. The number of amides is 2. The molecule has 232 valence electrons. The van der Waals surface area contributed by atoms with Crippen LogP contribution < -0.4 is 5.32 Å². The van der Waals surface area contributed by atoms with E-state index in [9.17, 15) is 9.59 Å². The molecule has 2 amide bonds. The molecule has 1 N–H and O–H groups in total. The lowest BCUT2D eigenvalue weighted by Gasteiger charge is -2.24. The number of nitrogens with zero attached hydrogens (tertiary/aromatic N) is 1. The minimum Gasteiger partial charge on any atom is -0.444 e. The van der Waals surface area contributed by atoms with Crippen molar-refractivity contribution in [3.05, 3.63) is 60.2 Å². The molecule has 43 heavy (non-hydrogen) atoms. The van der Waals surface area contributed by atoms with Crippen molar-refractivity contribution in [2.75, 3.05) is 39.5 Å². The highest BCUT2D eigenvalue weighted by atomic mass is 16.6. The molecule has 0 fully saturated rings. The van der Waals surface area contributed by atoms with Gasteiger partial charge in [0.15, 0.2) is 0 Å². The first-order valence-corrected chi connectivity index (χ1v) is 15.8. The van der Waals surface area contributed by atoms with Crippen LogP contribution in [-0.4, -0.2) is 62.0 Å². The van der Waals surface area contributed by atoms with Crippen molar-refractivity contribution in [1.29, 1.82) is 0 Å². The highest BCUT2D eigenvalue weighted by molar-refractivity contribution is 6.23. The van der Waals surface area contributed by atoms with Crippen molar-refractivity contribution in [2.24, 2.45) is 0 Å². The Morgan fingerprint density at radius 1 is 0.767 bits per heavy atom. The SMILES string of the molecule is CCCCCCCC(=O)N(CCOCCOCCNC(=O)OC(C)(C)C)Cc1ccc2ccc3cccc4ccc1c2c34. The fourth-order valence-corrected chi connectivity index (χ4v) is 5.51. The van der Waals surface area contributed by atoms with E-state index in [0.717, 1.165) is 18.4 Å². The number of ether oxygens (including phenoxy) is 3. The molecule has 0 spiro atoms. The molecule has 0 heterocycles. The maximum absolute atomic E-state index is 13.4. The monoisotopic (exact) mass is 588 g/mol. The van der Waals surface area contributed by atoms with Crippen molar-refractivity contribution in [2.45, 2.75) is 78.4 Å². The number of benzene rings is 4. The fourth-order valence-electron chi connectivity index (χ4n) is 5.51. The summed E-state index contributed by atoms with van der Waals surface area (Å²) in [6.45, 7) is 10.8. The van der Waals surface area contributed by atoms with Gasteiger partial charge >= 0.3 is 6.09 Å². The first-order valence-electron chi connectivity index (χ1n) is 15.8. The number of rotatable bonds is 17. The van der Waals surface area contributed by atoms with E-state index >= 15 is 0 Å². The predicted octanol–water partition coefficient (Wildman–Crippen LogP) is 7.83. The Morgan fingerprint density at radius 2 is 1.42 bits per heavy atom. The average molecular weight is 589 g/mol. The van der Waals surface area contributed by atoms with Gasteiger partial charge in [-0.1, -0.05) is 87.2 Å². The molecular formula is C36H48N2O5. The van der Waals surface area contributed by atoms with Crippen molar-refractivity contribution in [3.63, 3.8) is 0 Å². The summed E-state index contributed by atoms with van der Waals surface area (Å²) < 4.78 is 16.6. The predicted molar refractivity (Wildman–Crippen MR) is 175 cm³/mol. The van der Waals surface area contributed by atoms with E-state index in [1.165, 1.54) is 51.6 Å². The van der Waals surface area contributed by atoms with Gasteiger partial charge in [-0.2, -0.15) is 0 Å². The van der Waals surface area contributed by atoms with Crippen LogP contribution in [0.25, 0.3) is 32.3 Å². The van der Waals surface area contributed by atoms with Gasteiger partial charge in [0, 0.05) is 26.1 Å². The molecule has 0 unspecified atom stereocenters. The third-order valence-electron chi connectivity index (χ3n) is 7.62. The van der Waals surface area contributed by atoms with Gasteiger partial charge in [0.2, 0.25) is 5.91 Å². The molecule has 7 heteroatoms. The largest absolute Gasteiger partial charge is 0.444 e. The van der Waals surface area contributed by atoms with Crippen LogP contribution in [0.15, 0.2) is 54.6 Å². The molecule has 0 bridgehead atoms. The van der Waals surface area contributed by atoms with Crippen molar-refractivity contribution >= 4 is 44.3 Å². The highest BCUT2D eigenvalue weighted by Crippen LogP contribution is 2.36. The molecule has 0 aliphatic heterocycles. The van der Waals surface area contributed by atoms with Crippen LogP contribution in [0.1, 0.15) is 71.8 Å². The zero-order valence-electron chi connectivity index (χ0n) is 26.4. The number of carbonyl (C=O) groups is 2. The molecule has 4 rings (SSSR count). The molecule has 4 aromatic carbocycles. The Kier molecular flexibility index (Phi) is 12.0. The molecule has 0 saturated heterocycles. The Morgan fingerprint density at radius 3 is 2.14 bits per heavy atom. The second-order valence-electron chi connectivity index (χ2n) is 12.2. The lowest BCUT2D eigenvalue weighted by molar-refractivity contribution is -0.132. The summed E-state index contributed by atoms with van der Waals surface area (Å²) in [5, 5.41) is 10.1. The average Bonchev–Trinajstić information content (AvgIpc) is 2.97. The van der Waals surface area contributed by atoms with Crippen LogP contribution in [0.2, 0.25) is 0 Å². The van der Waals surface area contributed by atoms with E-state index in [1.54, 1.807) is 0 Å². The molecule has 4 aromatic rings. The summed E-state index contributed by atoms with van der Waals surface area (Å²) in [7, 11) is 0. The second-order valence-corrected chi connectivity index (χ2v) is 12.2. The van der Waals surface area contributed by atoms with Crippen LogP contribution in [0.5, 0.6) is 0 Å². The Hall–Kier alpha value is -3.42. The summed E-state index contributed by atoms with van der Waals surface area (Å²) in [6, 6.07) is 19.6. The van der Waals surface area contributed by atoms with E-state index in [2.05, 4.69) is 66.8 Å². The zero-order chi connectivity index (χ0) is 30.7. The van der Waals surface area contributed by atoms with Crippen molar-refractivity contribution < 1.29 is 23.8 Å². The molecular weight excluding hydrogens is 540 g/mol. The zero-order valence-corrected chi connectivity index (χ0v) is 26.4. The van der Waals surface area contributed by atoms with Gasteiger partial charge in [-0.25, -0.2) is 4.79 Å². The maximum Gasteiger partial charge on any atom is 0.407 e. The highest BCUT2D eigenvalue weighted by Gasteiger charge is 2.18. The standard InChI is InChI=1S/C36H48N2O5/c1-5-6-7-8-9-13-32(39)38(21-23-42-25-24-41-22-20-37-35(40)43-36(2,3)4)26-30-17-16-29-15-14-27-11-10-12-28-18-19-31(30)34(29)33(27)28/h10-12,14-19H,5-9,13,20-26H2,1-4H3,(H,37,40). The number of carbonyl (C=O) groups excluding carboxylic acids is 2. The van der Waals surface area contributed by atoms with E-state index in [4.69, 9.17) is 14.2 Å². The van der Waals surface area contributed by atoms with Crippen LogP contribution in [0, 0.1) is 0 Å². The van der Waals surface area contributed by atoms with Gasteiger partial charge < -0.3 is 24.4 Å². The van der Waals surface area contributed by atoms with E-state index in [-0.39, 0.29) is 5.91 Å². The van der Waals surface area contributed by atoms with Gasteiger partial charge in [0.1, 0.15) is 5.60 Å². The van der Waals surface area contributed by atoms with Gasteiger partial charge in [-0.05, 0) is 65.1 Å². The van der Waals surface area contributed by atoms with E-state index < -0.39 is 11.7 Å². The quantitative estimate of drug-likeness (QED) is 0.100. The van der Waals surface area contributed by atoms with E-state index in [0.29, 0.717) is 52.5 Å². The van der Waals surface area contributed by atoms with Crippen LogP contribution in [0.3, 0.4) is 0 Å². The molecule has 0 aliphatic rings. The van der Waals surface area contributed by atoms with Crippen LogP contribution in [-0.2, 0) is 25.5 Å². The van der Waals surface area contributed by atoms with Crippen molar-refractivity contribution in [1.82, 2.24) is 10.2 Å². The number of hydrogen-bond donors (Lipinski definition) is 1. The minimum absolute atomic E-state index is 0.176. The van der Waals surface area contributed by atoms with Crippen LogP contribution >= 0.6 is 0 Å². The van der Waals surface area contributed by atoms with E-state index in [1.807, 2.05) is 25.7 Å². The molecule has 0 saturated carbocycles. The van der Waals surface area contributed by atoms with Crippen LogP contribution in [0.4, 0.5) is 4.79 Å². The molecule has 0 aromatic heterocycles. The third-order valence-corrected chi connectivity index (χ3v) is 7.62. The number of hydrogen-bond acceptors (Lipinski definition) is 5.